The van der Waals surface area contributed by atoms with Crippen LogP contribution in [0.2, 0.25) is 0 Å². The largest absolute Gasteiger partial charge is 0.481 e. The van der Waals surface area contributed by atoms with Gasteiger partial charge in [-0.1, -0.05) is 26.7 Å². The Morgan fingerprint density at radius 3 is 2.53 bits per heavy atom. The van der Waals surface area contributed by atoms with E-state index in [1.54, 1.807) is 4.90 Å². The van der Waals surface area contributed by atoms with Crippen LogP contribution in [-0.2, 0) is 4.79 Å². The predicted octanol–water partition coefficient (Wildman–Crippen LogP) is 2.32. The summed E-state index contributed by atoms with van der Waals surface area (Å²) in [4.78, 5) is 24.5. The highest BCUT2D eigenvalue weighted by Gasteiger charge is 2.28. The van der Waals surface area contributed by atoms with Gasteiger partial charge < -0.3 is 15.3 Å². The van der Waals surface area contributed by atoms with Crippen LogP contribution in [0.3, 0.4) is 0 Å². The summed E-state index contributed by atoms with van der Waals surface area (Å²) in [7, 11) is 0. The number of nitrogens with one attached hydrogen (secondary N) is 1. The first-order valence-electron chi connectivity index (χ1n) is 7.25. The molecule has 0 aromatic heterocycles. The van der Waals surface area contributed by atoms with Crippen molar-refractivity contribution in [3.63, 3.8) is 0 Å². The summed E-state index contributed by atoms with van der Waals surface area (Å²) >= 11 is 0. The number of likely N-dealkylation sites (tertiary alicyclic amines) is 1. The molecule has 2 N–H and O–H groups in total. The molecule has 1 aliphatic heterocycles. The summed E-state index contributed by atoms with van der Waals surface area (Å²) in [5.74, 6) is -0.175. The second-order valence-corrected chi connectivity index (χ2v) is 5.51. The van der Waals surface area contributed by atoms with Crippen LogP contribution in [0.1, 0.15) is 46.5 Å². The van der Waals surface area contributed by atoms with Crippen LogP contribution in [-0.4, -0.2) is 41.1 Å². The van der Waals surface area contributed by atoms with Crippen LogP contribution in [0.4, 0.5) is 4.79 Å². The molecule has 0 radical (unpaired) electrons. The van der Waals surface area contributed by atoms with Crippen molar-refractivity contribution in [1.82, 2.24) is 10.2 Å². The second kappa shape index (κ2) is 7.36. The first-order chi connectivity index (χ1) is 8.97. The van der Waals surface area contributed by atoms with Crippen LogP contribution in [0.15, 0.2) is 0 Å². The van der Waals surface area contributed by atoms with Gasteiger partial charge in [-0.2, -0.15) is 0 Å². The van der Waals surface area contributed by atoms with Crippen LogP contribution in [0, 0.1) is 11.8 Å². The lowest BCUT2D eigenvalue weighted by Gasteiger charge is -2.26. The lowest BCUT2D eigenvalue weighted by atomic mass is 9.96. The van der Waals surface area contributed by atoms with Gasteiger partial charge in [0.05, 0.1) is 0 Å². The lowest BCUT2D eigenvalue weighted by molar-refractivity contribution is -0.138. The van der Waals surface area contributed by atoms with E-state index in [2.05, 4.69) is 19.2 Å². The number of urea groups is 1. The number of aliphatic carboxylic acids is 1. The SMILES string of the molecule is CCC(CC)C(C)NC(=O)N1CCC(CC(=O)O)C1. The third-order valence-electron chi connectivity index (χ3n) is 4.14. The zero-order chi connectivity index (χ0) is 14.4. The van der Waals surface area contributed by atoms with Gasteiger partial charge in [0.25, 0.3) is 0 Å². The standard InChI is InChI=1S/C14H26N2O3/c1-4-12(5-2)10(3)15-14(19)16-7-6-11(9-16)8-13(17)18/h10-12H,4-9H2,1-3H3,(H,15,19)(H,17,18). The topological polar surface area (TPSA) is 69.6 Å². The molecule has 5 nitrogen and oxygen atoms in total. The average Bonchev–Trinajstić information content (AvgIpc) is 2.78. The van der Waals surface area contributed by atoms with Crippen molar-refractivity contribution in [2.45, 2.75) is 52.5 Å². The summed E-state index contributed by atoms with van der Waals surface area (Å²) in [6.45, 7) is 7.54. The summed E-state index contributed by atoms with van der Waals surface area (Å²) < 4.78 is 0. The number of carboxylic acid groups (broad SMARTS) is 1. The highest BCUT2D eigenvalue weighted by Crippen LogP contribution is 2.20. The number of nitrogens with zero attached hydrogens (tertiary/aromatic N) is 1. The molecular formula is C14H26N2O3. The number of carbonyl (C=O) groups excluding carboxylic acids is 1. The molecule has 1 rings (SSSR count). The Morgan fingerprint density at radius 1 is 1.37 bits per heavy atom. The van der Waals surface area contributed by atoms with Crippen molar-refractivity contribution in [3.05, 3.63) is 0 Å². The molecule has 0 aliphatic carbocycles. The monoisotopic (exact) mass is 270 g/mol. The van der Waals surface area contributed by atoms with Gasteiger partial charge in [-0.15, -0.1) is 0 Å². The fraction of sp³-hybridized carbons (Fsp3) is 0.857. The zero-order valence-corrected chi connectivity index (χ0v) is 12.2. The molecule has 110 valence electrons. The van der Waals surface area contributed by atoms with E-state index in [0.29, 0.717) is 19.0 Å². The second-order valence-electron chi connectivity index (χ2n) is 5.51. The first-order valence-corrected chi connectivity index (χ1v) is 7.25. The van der Waals surface area contributed by atoms with E-state index in [9.17, 15) is 9.59 Å². The highest BCUT2D eigenvalue weighted by atomic mass is 16.4. The van der Waals surface area contributed by atoms with Crippen molar-refractivity contribution in [2.75, 3.05) is 13.1 Å². The van der Waals surface area contributed by atoms with Gasteiger partial charge in [0.2, 0.25) is 0 Å². The summed E-state index contributed by atoms with van der Waals surface area (Å²) in [6.07, 6.45) is 3.06. The number of carboxylic acids is 1. The van der Waals surface area contributed by atoms with E-state index < -0.39 is 5.97 Å². The summed E-state index contributed by atoms with van der Waals surface area (Å²) in [5.41, 5.74) is 0. The molecule has 1 aliphatic rings. The lowest BCUT2D eigenvalue weighted by Crippen LogP contribution is -2.45. The maximum Gasteiger partial charge on any atom is 0.317 e. The van der Waals surface area contributed by atoms with Crippen LogP contribution in [0.5, 0.6) is 0 Å². The summed E-state index contributed by atoms with van der Waals surface area (Å²) in [5, 5.41) is 11.8. The highest BCUT2D eigenvalue weighted by molar-refractivity contribution is 5.75. The Balaban J connectivity index is 2.40. The molecule has 2 unspecified atom stereocenters. The number of amides is 2. The fourth-order valence-electron chi connectivity index (χ4n) is 2.83. The molecule has 1 heterocycles. The maximum atomic E-state index is 12.1. The maximum absolute atomic E-state index is 12.1. The molecule has 2 amide bonds. The minimum absolute atomic E-state index is 0.0488. The van der Waals surface area contributed by atoms with E-state index in [1.165, 1.54) is 0 Å². The molecule has 2 atom stereocenters. The Labute approximate surface area is 115 Å². The molecule has 0 aromatic carbocycles. The Morgan fingerprint density at radius 2 is 2.00 bits per heavy atom. The van der Waals surface area contributed by atoms with E-state index in [-0.39, 0.29) is 24.4 Å². The van der Waals surface area contributed by atoms with Crippen LogP contribution >= 0.6 is 0 Å². The normalized spacial score (nSPS) is 20.6. The van der Waals surface area contributed by atoms with E-state index in [1.807, 2.05) is 6.92 Å². The third-order valence-corrected chi connectivity index (χ3v) is 4.14. The number of rotatable bonds is 6. The number of hydrogen-bond donors (Lipinski definition) is 2. The zero-order valence-electron chi connectivity index (χ0n) is 12.2. The van der Waals surface area contributed by atoms with Gasteiger partial charge in [0.15, 0.2) is 0 Å². The smallest absolute Gasteiger partial charge is 0.317 e. The van der Waals surface area contributed by atoms with Crippen molar-refractivity contribution in [1.29, 1.82) is 0 Å². The first kappa shape index (κ1) is 15.8. The molecule has 0 bridgehead atoms. The van der Waals surface area contributed by atoms with E-state index in [4.69, 9.17) is 5.11 Å². The fourth-order valence-corrected chi connectivity index (χ4v) is 2.83. The van der Waals surface area contributed by atoms with E-state index in [0.717, 1.165) is 19.3 Å². The van der Waals surface area contributed by atoms with Gasteiger partial charge in [-0.3, -0.25) is 4.79 Å². The van der Waals surface area contributed by atoms with Crippen molar-refractivity contribution in [2.24, 2.45) is 11.8 Å². The average molecular weight is 270 g/mol. The molecular weight excluding hydrogens is 244 g/mol. The molecule has 19 heavy (non-hydrogen) atoms. The van der Waals surface area contributed by atoms with Crippen LogP contribution in [0.25, 0.3) is 0 Å². The van der Waals surface area contributed by atoms with Gasteiger partial charge in [0.1, 0.15) is 0 Å². The minimum Gasteiger partial charge on any atom is -0.481 e. The number of hydrogen-bond acceptors (Lipinski definition) is 2. The minimum atomic E-state index is -0.780. The predicted molar refractivity (Wildman–Crippen MR) is 74.0 cm³/mol. The van der Waals surface area contributed by atoms with Crippen molar-refractivity contribution < 1.29 is 14.7 Å². The van der Waals surface area contributed by atoms with Crippen molar-refractivity contribution >= 4 is 12.0 Å². The molecule has 0 saturated carbocycles. The molecule has 1 fully saturated rings. The van der Waals surface area contributed by atoms with Crippen LogP contribution < -0.4 is 5.32 Å². The number of carbonyl (C=O) groups is 2. The molecule has 1 saturated heterocycles. The van der Waals surface area contributed by atoms with Gasteiger partial charge >= 0.3 is 12.0 Å². The molecule has 0 aromatic rings. The van der Waals surface area contributed by atoms with Gasteiger partial charge in [-0.05, 0) is 25.2 Å². The Hall–Kier alpha value is -1.26. The Kier molecular flexibility index (Phi) is 6.12. The van der Waals surface area contributed by atoms with E-state index >= 15 is 0 Å². The third kappa shape index (κ3) is 4.73. The van der Waals surface area contributed by atoms with Crippen molar-refractivity contribution in [3.8, 4) is 0 Å². The summed E-state index contributed by atoms with van der Waals surface area (Å²) in [6, 6.07) is 0.119. The Bertz CT molecular complexity index is 316. The molecule has 0 spiro atoms. The van der Waals surface area contributed by atoms with Gasteiger partial charge in [-0.25, -0.2) is 4.79 Å². The quantitative estimate of drug-likeness (QED) is 0.778. The van der Waals surface area contributed by atoms with Gasteiger partial charge in [0, 0.05) is 25.6 Å². The molecule has 5 heteroatoms.